The maximum atomic E-state index is 14.6. The second-order valence-corrected chi connectivity index (χ2v) is 6.68. The van der Waals surface area contributed by atoms with Gasteiger partial charge in [-0.1, -0.05) is 30.3 Å². The van der Waals surface area contributed by atoms with E-state index in [1.165, 1.54) is 18.2 Å². The topological polar surface area (TPSA) is 34.1 Å². The molecule has 29 heavy (non-hydrogen) atoms. The number of benzene rings is 3. The highest BCUT2D eigenvalue weighted by Crippen LogP contribution is 2.40. The minimum atomic E-state index is -0.359. The Kier molecular flexibility index (Phi) is 5.16. The van der Waals surface area contributed by atoms with Gasteiger partial charge < -0.3 is 9.47 Å². The van der Waals surface area contributed by atoms with Crippen LogP contribution in [-0.2, 0) is 0 Å². The molecule has 0 unspecified atom stereocenters. The average molecular weight is 394 g/mol. The van der Waals surface area contributed by atoms with Gasteiger partial charge in [-0.05, 0) is 47.5 Å². The third-order valence-corrected chi connectivity index (χ3v) is 4.98. The van der Waals surface area contributed by atoms with Crippen LogP contribution in [-0.4, -0.2) is 19.9 Å². The van der Waals surface area contributed by atoms with Gasteiger partial charge in [0.2, 0.25) is 0 Å². The molecule has 0 saturated heterocycles. The summed E-state index contributed by atoms with van der Waals surface area (Å²) in [5.41, 5.74) is 2.85. The van der Waals surface area contributed by atoms with E-state index in [9.17, 15) is 8.78 Å². The molecule has 0 spiro atoms. The third kappa shape index (κ3) is 3.66. The van der Waals surface area contributed by atoms with Crippen LogP contribution in [0.3, 0.4) is 0 Å². The molecule has 0 N–H and O–H groups in total. The van der Waals surface area contributed by atoms with Crippen LogP contribution in [0.25, 0.3) is 0 Å². The molecule has 1 aliphatic rings. The van der Waals surface area contributed by atoms with Crippen LogP contribution in [0.2, 0.25) is 0 Å². The molecule has 4 nitrogen and oxygen atoms in total. The average Bonchev–Trinajstić information content (AvgIpc) is 3.19. The molecule has 0 aromatic heterocycles. The van der Waals surface area contributed by atoms with E-state index >= 15 is 0 Å². The van der Waals surface area contributed by atoms with Gasteiger partial charge in [-0.3, -0.25) is 5.01 Å². The van der Waals surface area contributed by atoms with Crippen LogP contribution in [0.1, 0.15) is 23.6 Å². The van der Waals surface area contributed by atoms with E-state index in [2.05, 4.69) is 0 Å². The van der Waals surface area contributed by atoms with E-state index in [0.29, 0.717) is 23.6 Å². The number of hydrazone groups is 1. The predicted octanol–water partition coefficient (Wildman–Crippen LogP) is 5.34. The standard InChI is InChI=1S/C23H20F2N2O2/c1-28-22-12-9-16(13-23(22)29-2)21-14-19(15-7-10-17(24)11-8-15)26-27(21)20-6-4-3-5-18(20)25/h3-13,21H,14H2,1-2H3/t21-/m1/s1. The number of para-hydroxylation sites is 1. The van der Waals surface area contributed by atoms with Crippen molar-refractivity contribution in [3.8, 4) is 11.5 Å². The fraction of sp³-hybridized carbons (Fsp3) is 0.174. The highest BCUT2D eigenvalue weighted by atomic mass is 19.1. The first-order valence-corrected chi connectivity index (χ1v) is 9.20. The number of methoxy groups -OCH3 is 2. The molecule has 148 valence electrons. The fourth-order valence-electron chi connectivity index (χ4n) is 3.51. The van der Waals surface area contributed by atoms with E-state index in [-0.39, 0.29) is 17.7 Å². The van der Waals surface area contributed by atoms with Crippen LogP contribution in [0.4, 0.5) is 14.5 Å². The number of halogens is 2. The van der Waals surface area contributed by atoms with E-state index in [0.717, 1.165) is 16.8 Å². The molecule has 0 radical (unpaired) electrons. The lowest BCUT2D eigenvalue weighted by Gasteiger charge is -2.25. The maximum absolute atomic E-state index is 14.6. The van der Waals surface area contributed by atoms with Crippen molar-refractivity contribution in [1.82, 2.24) is 0 Å². The van der Waals surface area contributed by atoms with Crippen molar-refractivity contribution >= 4 is 11.4 Å². The number of ether oxygens (including phenoxy) is 2. The van der Waals surface area contributed by atoms with Gasteiger partial charge in [0.15, 0.2) is 11.5 Å². The Morgan fingerprint density at radius 3 is 2.31 bits per heavy atom. The van der Waals surface area contributed by atoms with Gasteiger partial charge in [0.1, 0.15) is 11.6 Å². The summed E-state index contributed by atoms with van der Waals surface area (Å²) in [4.78, 5) is 0. The molecule has 1 aliphatic heterocycles. The summed E-state index contributed by atoms with van der Waals surface area (Å²) in [6.45, 7) is 0. The lowest BCUT2D eigenvalue weighted by molar-refractivity contribution is 0.354. The zero-order chi connectivity index (χ0) is 20.4. The minimum Gasteiger partial charge on any atom is -0.493 e. The molecule has 1 heterocycles. The first-order valence-electron chi connectivity index (χ1n) is 9.20. The maximum Gasteiger partial charge on any atom is 0.161 e. The summed E-state index contributed by atoms with van der Waals surface area (Å²) < 4.78 is 38.7. The van der Waals surface area contributed by atoms with E-state index in [4.69, 9.17) is 14.6 Å². The minimum absolute atomic E-state index is 0.244. The Hall–Kier alpha value is -3.41. The number of hydrogen-bond donors (Lipinski definition) is 0. The van der Waals surface area contributed by atoms with Gasteiger partial charge in [0.25, 0.3) is 0 Å². The zero-order valence-corrected chi connectivity index (χ0v) is 16.1. The SMILES string of the molecule is COc1ccc([C@H]2CC(c3ccc(F)cc3)=NN2c2ccccc2F)cc1OC. The zero-order valence-electron chi connectivity index (χ0n) is 16.1. The van der Waals surface area contributed by atoms with Gasteiger partial charge in [-0.15, -0.1) is 0 Å². The quantitative estimate of drug-likeness (QED) is 0.586. The number of rotatable bonds is 5. The summed E-state index contributed by atoms with van der Waals surface area (Å²) in [7, 11) is 3.15. The fourth-order valence-corrected chi connectivity index (χ4v) is 3.51. The Morgan fingerprint density at radius 2 is 1.62 bits per heavy atom. The van der Waals surface area contributed by atoms with Crippen LogP contribution in [0.15, 0.2) is 71.8 Å². The highest BCUT2D eigenvalue weighted by Gasteiger charge is 2.32. The summed E-state index contributed by atoms with van der Waals surface area (Å²) in [6, 6.07) is 18.1. The summed E-state index contributed by atoms with van der Waals surface area (Å²) in [5.74, 6) is 0.539. The summed E-state index contributed by atoms with van der Waals surface area (Å²) >= 11 is 0. The first-order chi connectivity index (χ1) is 14.1. The Labute approximate surface area is 168 Å². The van der Waals surface area contributed by atoms with Crippen molar-refractivity contribution in [2.75, 3.05) is 19.2 Å². The Balaban J connectivity index is 1.78. The highest BCUT2D eigenvalue weighted by molar-refractivity contribution is 6.03. The van der Waals surface area contributed by atoms with Gasteiger partial charge in [-0.25, -0.2) is 8.78 Å². The van der Waals surface area contributed by atoms with E-state index in [1.54, 1.807) is 49.6 Å². The Bertz CT molecular complexity index is 1050. The van der Waals surface area contributed by atoms with Crippen molar-refractivity contribution in [3.63, 3.8) is 0 Å². The third-order valence-electron chi connectivity index (χ3n) is 4.98. The number of hydrogen-bond acceptors (Lipinski definition) is 4. The smallest absolute Gasteiger partial charge is 0.161 e. The lowest BCUT2D eigenvalue weighted by Crippen LogP contribution is -2.19. The monoisotopic (exact) mass is 394 g/mol. The molecule has 0 bridgehead atoms. The van der Waals surface area contributed by atoms with Crippen LogP contribution in [0, 0.1) is 11.6 Å². The van der Waals surface area contributed by atoms with Gasteiger partial charge in [0.05, 0.1) is 31.7 Å². The molecular weight excluding hydrogens is 374 g/mol. The first kappa shape index (κ1) is 18.9. The van der Waals surface area contributed by atoms with Gasteiger partial charge in [-0.2, -0.15) is 5.10 Å². The van der Waals surface area contributed by atoms with Crippen molar-refractivity contribution in [3.05, 3.63) is 89.5 Å². The van der Waals surface area contributed by atoms with Gasteiger partial charge >= 0.3 is 0 Å². The molecule has 0 aliphatic carbocycles. The van der Waals surface area contributed by atoms with Crippen molar-refractivity contribution in [2.45, 2.75) is 12.5 Å². The second kappa shape index (κ2) is 7.91. The van der Waals surface area contributed by atoms with E-state index in [1.807, 2.05) is 18.2 Å². The molecule has 0 fully saturated rings. The molecule has 6 heteroatoms. The summed E-state index contributed by atoms with van der Waals surface area (Å²) in [5, 5.41) is 6.37. The summed E-state index contributed by atoms with van der Waals surface area (Å²) in [6.07, 6.45) is 0.537. The Morgan fingerprint density at radius 1 is 0.897 bits per heavy atom. The van der Waals surface area contributed by atoms with Crippen LogP contribution < -0.4 is 14.5 Å². The molecule has 3 aromatic carbocycles. The van der Waals surface area contributed by atoms with Crippen LogP contribution in [0.5, 0.6) is 11.5 Å². The van der Waals surface area contributed by atoms with Crippen molar-refractivity contribution in [2.24, 2.45) is 5.10 Å². The van der Waals surface area contributed by atoms with Crippen LogP contribution >= 0.6 is 0 Å². The largest absolute Gasteiger partial charge is 0.493 e. The van der Waals surface area contributed by atoms with E-state index < -0.39 is 0 Å². The van der Waals surface area contributed by atoms with Crippen molar-refractivity contribution in [1.29, 1.82) is 0 Å². The molecule has 3 aromatic rings. The second-order valence-electron chi connectivity index (χ2n) is 6.68. The normalized spacial score (nSPS) is 15.9. The lowest BCUT2D eigenvalue weighted by atomic mass is 9.97. The molecule has 1 atom stereocenters. The number of nitrogens with zero attached hydrogens (tertiary/aromatic N) is 2. The molecule has 0 amide bonds. The molecule has 0 saturated carbocycles. The molecule has 4 rings (SSSR count). The number of anilines is 1. The molecular formula is C23H20F2N2O2. The van der Waals surface area contributed by atoms with Crippen molar-refractivity contribution < 1.29 is 18.3 Å². The van der Waals surface area contributed by atoms with Gasteiger partial charge in [0, 0.05) is 6.42 Å². The predicted molar refractivity (Wildman–Crippen MR) is 109 cm³/mol.